The number of aliphatic hydroxyl groups excluding tert-OH is 1. The van der Waals surface area contributed by atoms with Crippen LogP contribution in [0.3, 0.4) is 0 Å². The highest BCUT2D eigenvalue weighted by molar-refractivity contribution is 5.44. The molecule has 3 heteroatoms. The maximum Gasteiger partial charge on any atom is 0.0716 e. The summed E-state index contributed by atoms with van der Waals surface area (Å²) in [5.41, 5.74) is 3.49. The van der Waals surface area contributed by atoms with Crippen LogP contribution >= 0.6 is 0 Å². The average molecular weight is 285 g/mol. The lowest BCUT2D eigenvalue weighted by atomic mass is 10.1. The third-order valence-corrected chi connectivity index (χ3v) is 3.26. The topological polar surface area (TPSA) is 41.5 Å². The number of benzene rings is 2. The molecule has 0 heterocycles. The lowest BCUT2D eigenvalue weighted by Gasteiger charge is -2.08. The average Bonchev–Trinajstić information content (AvgIpc) is 2.53. The molecule has 2 aromatic carbocycles. The second kappa shape index (κ2) is 9.16. The molecule has 0 spiro atoms. The number of rotatable bonds is 9. The van der Waals surface area contributed by atoms with Crippen molar-refractivity contribution in [3.63, 3.8) is 0 Å². The molecule has 2 aromatic rings. The number of nitrogens with one attached hydrogen (secondary N) is 1. The molecule has 112 valence electrons. The smallest absolute Gasteiger partial charge is 0.0716 e. The van der Waals surface area contributed by atoms with Gasteiger partial charge in [0.1, 0.15) is 0 Å². The number of anilines is 1. The summed E-state index contributed by atoms with van der Waals surface area (Å²) in [6.45, 7) is 2.53. The van der Waals surface area contributed by atoms with Gasteiger partial charge in [0, 0.05) is 25.4 Å². The molecule has 0 aliphatic heterocycles. The first-order valence-electron chi connectivity index (χ1n) is 7.44. The van der Waals surface area contributed by atoms with E-state index in [0.717, 1.165) is 30.8 Å². The van der Waals surface area contributed by atoms with Crippen LogP contribution in [0.25, 0.3) is 0 Å². The Kier molecular flexibility index (Phi) is 6.78. The molecule has 2 rings (SSSR count). The Balaban J connectivity index is 1.57. The number of hydrogen-bond donors (Lipinski definition) is 2. The quantitative estimate of drug-likeness (QED) is 0.695. The molecular weight excluding hydrogens is 262 g/mol. The highest BCUT2D eigenvalue weighted by atomic mass is 16.5. The summed E-state index contributed by atoms with van der Waals surface area (Å²) in [5, 5.41) is 12.2. The molecule has 0 aliphatic carbocycles. The van der Waals surface area contributed by atoms with Gasteiger partial charge in [-0.2, -0.15) is 0 Å². The van der Waals surface area contributed by atoms with Crippen molar-refractivity contribution in [1.29, 1.82) is 0 Å². The Labute approximate surface area is 126 Å². The normalized spacial score (nSPS) is 10.5. The van der Waals surface area contributed by atoms with Gasteiger partial charge in [-0.05, 0) is 36.1 Å². The second-order valence-electron chi connectivity index (χ2n) is 4.99. The molecule has 0 aliphatic rings. The van der Waals surface area contributed by atoms with Crippen molar-refractivity contribution >= 4 is 5.69 Å². The molecule has 3 nitrogen and oxygen atoms in total. The Hall–Kier alpha value is -1.84. The van der Waals surface area contributed by atoms with E-state index >= 15 is 0 Å². The fraction of sp³-hybridized carbons (Fsp3) is 0.333. The molecule has 0 saturated carbocycles. The highest BCUT2D eigenvalue weighted by Gasteiger charge is 1.95. The van der Waals surface area contributed by atoms with Gasteiger partial charge in [0.05, 0.1) is 6.61 Å². The summed E-state index contributed by atoms with van der Waals surface area (Å²) >= 11 is 0. The van der Waals surface area contributed by atoms with Crippen molar-refractivity contribution in [3.8, 4) is 0 Å². The molecule has 0 atom stereocenters. The standard InChI is InChI=1S/C18H23NO2/c20-13-11-16-7-9-18(10-8-16)19-12-4-14-21-15-17-5-2-1-3-6-17/h1-3,5-10,19-20H,4,11-15H2. The molecule has 21 heavy (non-hydrogen) atoms. The zero-order chi connectivity index (χ0) is 14.8. The Morgan fingerprint density at radius 1 is 0.905 bits per heavy atom. The van der Waals surface area contributed by atoms with Crippen LogP contribution in [-0.4, -0.2) is 24.9 Å². The summed E-state index contributed by atoms with van der Waals surface area (Å²) in [5.74, 6) is 0. The third kappa shape index (κ3) is 5.98. The van der Waals surface area contributed by atoms with E-state index in [9.17, 15) is 0 Å². The van der Waals surface area contributed by atoms with E-state index < -0.39 is 0 Å². The molecule has 0 aromatic heterocycles. The van der Waals surface area contributed by atoms with Gasteiger partial charge < -0.3 is 15.2 Å². The van der Waals surface area contributed by atoms with Gasteiger partial charge in [0.15, 0.2) is 0 Å². The van der Waals surface area contributed by atoms with Gasteiger partial charge in [-0.15, -0.1) is 0 Å². The van der Waals surface area contributed by atoms with E-state index in [4.69, 9.17) is 9.84 Å². The minimum Gasteiger partial charge on any atom is -0.396 e. The van der Waals surface area contributed by atoms with Crippen LogP contribution in [0.2, 0.25) is 0 Å². The minimum atomic E-state index is 0.200. The third-order valence-electron chi connectivity index (χ3n) is 3.26. The van der Waals surface area contributed by atoms with Crippen molar-refractivity contribution in [3.05, 3.63) is 65.7 Å². The van der Waals surface area contributed by atoms with E-state index in [1.807, 2.05) is 30.3 Å². The summed E-state index contributed by atoms with van der Waals surface area (Å²) in [6, 6.07) is 18.4. The minimum absolute atomic E-state index is 0.200. The van der Waals surface area contributed by atoms with Crippen LogP contribution < -0.4 is 5.32 Å². The predicted molar refractivity (Wildman–Crippen MR) is 86.4 cm³/mol. The summed E-state index contributed by atoms with van der Waals surface area (Å²) in [7, 11) is 0. The summed E-state index contributed by atoms with van der Waals surface area (Å²) in [4.78, 5) is 0. The Bertz CT molecular complexity index is 496. The SMILES string of the molecule is OCCc1ccc(NCCCOCc2ccccc2)cc1. The summed E-state index contributed by atoms with van der Waals surface area (Å²) < 4.78 is 5.64. The van der Waals surface area contributed by atoms with E-state index in [1.54, 1.807) is 0 Å². The van der Waals surface area contributed by atoms with Crippen molar-refractivity contribution in [2.75, 3.05) is 25.1 Å². The van der Waals surface area contributed by atoms with Crippen molar-refractivity contribution in [2.45, 2.75) is 19.4 Å². The zero-order valence-electron chi connectivity index (χ0n) is 12.3. The van der Waals surface area contributed by atoms with Gasteiger partial charge in [0.25, 0.3) is 0 Å². The van der Waals surface area contributed by atoms with Crippen molar-refractivity contribution in [1.82, 2.24) is 0 Å². The van der Waals surface area contributed by atoms with Crippen LogP contribution in [0.5, 0.6) is 0 Å². The molecule has 0 unspecified atom stereocenters. The van der Waals surface area contributed by atoms with Crippen molar-refractivity contribution in [2.24, 2.45) is 0 Å². The van der Waals surface area contributed by atoms with Gasteiger partial charge in [-0.3, -0.25) is 0 Å². The van der Waals surface area contributed by atoms with Gasteiger partial charge >= 0.3 is 0 Å². The summed E-state index contributed by atoms with van der Waals surface area (Å²) in [6.07, 6.45) is 1.69. The van der Waals surface area contributed by atoms with Gasteiger partial charge in [0.2, 0.25) is 0 Å². The highest BCUT2D eigenvalue weighted by Crippen LogP contribution is 2.10. The maximum atomic E-state index is 8.87. The molecule has 0 fully saturated rings. The Morgan fingerprint density at radius 2 is 1.67 bits per heavy atom. The number of aliphatic hydroxyl groups is 1. The fourth-order valence-electron chi connectivity index (χ4n) is 2.09. The molecule has 0 radical (unpaired) electrons. The van der Waals surface area contributed by atoms with E-state index in [0.29, 0.717) is 13.0 Å². The molecule has 0 bridgehead atoms. The maximum absolute atomic E-state index is 8.87. The first-order chi connectivity index (χ1) is 10.4. The van der Waals surface area contributed by atoms with Crippen LogP contribution in [-0.2, 0) is 17.8 Å². The van der Waals surface area contributed by atoms with E-state index in [2.05, 4.69) is 29.6 Å². The zero-order valence-corrected chi connectivity index (χ0v) is 12.3. The first kappa shape index (κ1) is 15.5. The Morgan fingerprint density at radius 3 is 2.38 bits per heavy atom. The van der Waals surface area contributed by atoms with Gasteiger partial charge in [-0.25, -0.2) is 0 Å². The second-order valence-corrected chi connectivity index (χ2v) is 4.99. The first-order valence-corrected chi connectivity index (χ1v) is 7.44. The lowest BCUT2D eigenvalue weighted by molar-refractivity contribution is 0.120. The van der Waals surface area contributed by atoms with E-state index in [1.165, 1.54) is 5.56 Å². The molecule has 0 amide bonds. The lowest BCUT2D eigenvalue weighted by Crippen LogP contribution is -2.06. The molecule has 0 saturated heterocycles. The van der Waals surface area contributed by atoms with Crippen LogP contribution in [0.15, 0.2) is 54.6 Å². The number of hydrogen-bond acceptors (Lipinski definition) is 3. The predicted octanol–water partition coefficient (Wildman–Crippen LogP) is 3.24. The van der Waals surface area contributed by atoms with E-state index in [-0.39, 0.29) is 6.61 Å². The van der Waals surface area contributed by atoms with Crippen LogP contribution in [0, 0.1) is 0 Å². The fourth-order valence-corrected chi connectivity index (χ4v) is 2.09. The largest absolute Gasteiger partial charge is 0.396 e. The van der Waals surface area contributed by atoms with Gasteiger partial charge in [-0.1, -0.05) is 42.5 Å². The molecule has 2 N–H and O–H groups in total. The van der Waals surface area contributed by atoms with Crippen LogP contribution in [0.1, 0.15) is 17.5 Å². The monoisotopic (exact) mass is 285 g/mol. The molecular formula is C18H23NO2. The number of ether oxygens (including phenoxy) is 1. The van der Waals surface area contributed by atoms with Crippen LogP contribution in [0.4, 0.5) is 5.69 Å². The van der Waals surface area contributed by atoms with Crippen molar-refractivity contribution < 1.29 is 9.84 Å².